The van der Waals surface area contributed by atoms with Crippen molar-refractivity contribution in [3.63, 3.8) is 0 Å². The van der Waals surface area contributed by atoms with Crippen LogP contribution in [0.15, 0.2) is 74.2 Å². The summed E-state index contributed by atoms with van der Waals surface area (Å²) in [6.07, 6.45) is 0. The Hall–Kier alpha value is -1.83. The van der Waals surface area contributed by atoms with Gasteiger partial charge in [-0.1, -0.05) is 65.2 Å². The highest BCUT2D eigenvalue weighted by molar-refractivity contribution is 8.01. The predicted molar refractivity (Wildman–Crippen MR) is 96.3 cm³/mol. The third-order valence-corrected chi connectivity index (χ3v) is 5.74. The molecule has 0 unspecified atom stereocenters. The maximum atomic E-state index is 12.1. The average molecular weight is 360 g/mol. The van der Waals surface area contributed by atoms with Crippen molar-refractivity contribution >= 4 is 46.5 Å². The minimum atomic E-state index is -0.0497. The zero-order valence-electron chi connectivity index (χ0n) is 12.0. The summed E-state index contributed by atoms with van der Waals surface area (Å²) in [6, 6.07) is 17.9. The van der Waals surface area contributed by atoms with E-state index in [9.17, 15) is 4.79 Å². The highest BCUT2D eigenvalue weighted by atomic mass is 32.2. The maximum absolute atomic E-state index is 12.1. The van der Waals surface area contributed by atoms with Gasteiger partial charge in [0.15, 0.2) is 4.34 Å². The number of aromatic nitrogens is 2. The molecule has 1 heterocycles. The van der Waals surface area contributed by atoms with Gasteiger partial charge in [-0.05, 0) is 24.3 Å². The van der Waals surface area contributed by atoms with E-state index >= 15 is 0 Å². The van der Waals surface area contributed by atoms with Gasteiger partial charge in [0, 0.05) is 9.79 Å². The van der Waals surface area contributed by atoms with Crippen molar-refractivity contribution in [2.45, 2.75) is 14.1 Å². The Bertz CT molecular complexity index is 763. The van der Waals surface area contributed by atoms with E-state index in [0.29, 0.717) is 5.75 Å². The van der Waals surface area contributed by atoms with Crippen molar-refractivity contribution in [2.24, 2.45) is 0 Å². The Balaban J connectivity index is 1.64. The molecule has 0 aliphatic rings. The van der Waals surface area contributed by atoms with Gasteiger partial charge < -0.3 is 5.32 Å². The number of carbonyl (C=O) groups excluding carboxylic acids is 1. The minimum Gasteiger partial charge on any atom is -0.324 e. The summed E-state index contributed by atoms with van der Waals surface area (Å²) in [5, 5.41) is 10.6. The van der Waals surface area contributed by atoms with Crippen LogP contribution < -0.4 is 5.32 Å². The van der Waals surface area contributed by atoms with Gasteiger partial charge in [0.1, 0.15) is 5.51 Å². The first kappa shape index (κ1) is 16.0. The standard InChI is InChI=1S/C16H13N3OS3/c20-15(10-21-16-19-17-11-22-16)18-13-8-4-5-9-14(13)23-12-6-2-1-3-7-12/h1-9,11H,10H2,(H,18,20). The van der Waals surface area contributed by atoms with Crippen LogP contribution in [0.1, 0.15) is 0 Å². The lowest BCUT2D eigenvalue weighted by molar-refractivity contribution is -0.113. The first-order chi connectivity index (χ1) is 11.3. The molecule has 1 N–H and O–H groups in total. The number of hydrogen-bond donors (Lipinski definition) is 1. The predicted octanol–water partition coefficient (Wildman–Crippen LogP) is 4.42. The molecule has 0 atom stereocenters. The molecule has 0 fully saturated rings. The number of carbonyl (C=O) groups is 1. The Kier molecular flexibility index (Phi) is 5.68. The number of thioether (sulfide) groups is 1. The topological polar surface area (TPSA) is 54.9 Å². The van der Waals surface area contributed by atoms with Gasteiger partial charge in [0.25, 0.3) is 0 Å². The van der Waals surface area contributed by atoms with Crippen molar-refractivity contribution in [1.82, 2.24) is 10.2 Å². The quantitative estimate of drug-likeness (QED) is 0.660. The molecule has 1 aromatic heterocycles. The number of amides is 1. The molecule has 7 heteroatoms. The van der Waals surface area contributed by atoms with Gasteiger partial charge in [-0.25, -0.2) is 0 Å². The first-order valence-electron chi connectivity index (χ1n) is 6.82. The van der Waals surface area contributed by atoms with E-state index in [-0.39, 0.29) is 5.91 Å². The molecule has 4 nitrogen and oxygen atoms in total. The molecule has 0 bridgehead atoms. The molecule has 0 radical (unpaired) electrons. The van der Waals surface area contributed by atoms with Crippen LogP contribution >= 0.6 is 34.9 Å². The third-order valence-electron chi connectivity index (χ3n) is 2.80. The minimum absolute atomic E-state index is 0.0497. The van der Waals surface area contributed by atoms with Crippen LogP contribution in [0.3, 0.4) is 0 Å². The second-order valence-electron chi connectivity index (χ2n) is 4.45. The fourth-order valence-corrected chi connectivity index (χ4v) is 4.02. The molecule has 116 valence electrons. The number of rotatable bonds is 6. The van der Waals surface area contributed by atoms with Crippen molar-refractivity contribution in [3.8, 4) is 0 Å². The summed E-state index contributed by atoms with van der Waals surface area (Å²) in [5.74, 6) is 0.269. The SMILES string of the molecule is O=C(CSc1nncs1)Nc1ccccc1Sc1ccccc1. The Morgan fingerprint density at radius 3 is 2.65 bits per heavy atom. The number of benzene rings is 2. The first-order valence-corrected chi connectivity index (χ1v) is 9.50. The summed E-state index contributed by atoms with van der Waals surface area (Å²) in [4.78, 5) is 14.3. The van der Waals surface area contributed by atoms with Crippen molar-refractivity contribution in [3.05, 3.63) is 60.1 Å². The Morgan fingerprint density at radius 1 is 1.09 bits per heavy atom. The lowest BCUT2D eigenvalue weighted by atomic mass is 10.3. The number of para-hydroxylation sites is 1. The molecular formula is C16H13N3OS3. The molecule has 3 rings (SSSR count). The molecule has 0 saturated heterocycles. The van der Waals surface area contributed by atoms with E-state index in [2.05, 4.69) is 27.6 Å². The van der Waals surface area contributed by atoms with Gasteiger partial charge >= 0.3 is 0 Å². The summed E-state index contributed by atoms with van der Waals surface area (Å²) < 4.78 is 0.798. The summed E-state index contributed by atoms with van der Waals surface area (Å²) in [5.41, 5.74) is 2.48. The number of hydrogen-bond acceptors (Lipinski definition) is 6. The lowest BCUT2D eigenvalue weighted by Gasteiger charge is -2.10. The second kappa shape index (κ2) is 8.14. The molecule has 0 spiro atoms. The van der Waals surface area contributed by atoms with Crippen LogP contribution in [0, 0.1) is 0 Å². The van der Waals surface area contributed by atoms with Gasteiger partial charge in [-0.15, -0.1) is 10.2 Å². The van der Waals surface area contributed by atoms with Crippen molar-refractivity contribution in [2.75, 3.05) is 11.1 Å². The van der Waals surface area contributed by atoms with Crippen LogP contribution in [-0.2, 0) is 4.79 Å². The molecular weight excluding hydrogens is 346 g/mol. The van der Waals surface area contributed by atoms with Crippen molar-refractivity contribution in [1.29, 1.82) is 0 Å². The van der Waals surface area contributed by atoms with E-state index in [0.717, 1.165) is 19.8 Å². The van der Waals surface area contributed by atoms with Crippen LogP contribution in [0.5, 0.6) is 0 Å². The Morgan fingerprint density at radius 2 is 1.87 bits per heavy atom. The van der Waals surface area contributed by atoms with E-state index in [4.69, 9.17) is 0 Å². The maximum Gasteiger partial charge on any atom is 0.234 e. The van der Waals surface area contributed by atoms with Gasteiger partial charge in [0.2, 0.25) is 5.91 Å². The summed E-state index contributed by atoms with van der Waals surface area (Å²) >= 11 is 4.45. The molecule has 3 aromatic rings. The summed E-state index contributed by atoms with van der Waals surface area (Å²) in [7, 11) is 0. The second-order valence-corrected chi connectivity index (χ2v) is 7.62. The largest absolute Gasteiger partial charge is 0.324 e. The zero-order chi connectivity index (χ0) is 15.9. The van der Waals surface area contributed by atoms with E-state index in [1.807, 2.05) is 42.5 Å². The number of anilines is 1. The Labute approximate surface area is 146 Å². The summed E-state index contributed by atoms with van der Waals surface area (Å²) in [6.45, 7) is 0. The molecule has 2 aromatic carbocycles. The molecule has 23 heavy (non-hydrogen) atoms. The highest BCUT2D eigenvalue weighted by Gasteiger charge is 2.09. The van der Waals surface area contributed by atoms with Crippen LogP contribution in [-0.4, -0.2) is 21.9 Å². The van der Waals surface area contributed by atoms with Crippen LogP contribution in [0.2, 0.25) is 0 Å². The van der Waals surface area contributed by atoms with E-state index < -0.39 is 0 Å². The zero-order valence-corrected chi connectivity index (χ0v) is 14.5. The molecule has 0 aliphatic heterocycles. The number of nitrogens with one attached hydrogen (secondary N) is 1. The van der Waals surface area contributed by atoms with Crippen molar-refractivity contribution < 1.29 is 4.79 Å². The molecule has 0 saturated carbocycles. The van der Waals surface area contributed by atoms with E-state index in [1.54, 1.807) is 17.3 Å². The fourth-order valence-electron chi connectivity index (χ4n) is 1.81. The molecule has 1 amide bonds. The molecule has 0 aliphatic carbocycles. The monoisotopic (exact) mass is 359 g/mol. The lowest BCUT2D eigenvalue weighted by Crippen LogP contribution is -2.14. The number of nitrogens with zero attached hydrogens (tertiary/aromatic N) is 2. The van der Waals surface area contributed by atoms with Gasteiger partial charge in [-0.2, -0.15) is 0 Å². The van der Waals surface area contributed by atoms with Gasteiger partial charge in [-0.3, -0.25) is 4.79 Å². The highest BCUT2D eigenvalue weighted by Crippen LogP contribution is 2.33. The fraction of sp³-hybridized carbons (Fsp3) is 0.0625. The van der Waals surface area contributed by atoms with E-state index in [1.165, 1.54) is 23.1 Å². The van der Waals surface area contributed by atoms with Crippen LogP contribution in [0.4, 0.5) is 5.69 Å². The average Bonchev–Trinajstić information content (AvgIpc) is 3.09. The van der Waals surface area contributed by atoms with Crippen LogP contribution in [0.25, 0.3) is 0 Å². The third kappa shape index (κ3) is 4.82. The smallest absolute Gasteiger partial charge is 0.234 e. The normalized spacial score (nSPS) is 10.4. The van der Waals surface area contributed by atoms with Gasteiger partial charge in [0.05, 0.1) is 11.4 Å².